The van der Waals surface area contributed by atoms with E-state index in [4.69, 9.17) is 4.99 Å². The smallest absolute Gasteiger partial charge is 0.137 e. The first-order valence-electron chi connectivity index (χ1n) is 26.2. The molecule has 390 valence electrons. The van der Waals surface area contributed by atoms with E-state index in [1.807, 2.05) is 72.2 Å². The molecule has 0 amide bonds. The van der Waals surface area contributed by atoms with E-state index in [0.29, 0.717) is 11.5 Å². The van der Waals surface area contributed by atoms with Gasteiger partial charge in [0.25, 0.3) is 0 Å². The Balaban J connectivity index is 0.00000210. The van der Waals surface area contributed by atoms with Crippen LogP contribution in [0.4, 0.5) is 4.39 Å². The molecule has 2 saturated heterocycles. The van der Waals surface area contributed by atoms with Gasteiger partial charge < -0.3 is 25.3 Å². The van der Waals surface area contributed by atoms with Crippen LogP contribution in [0.5, 0.6) is 0 Å². The second-order valence-electron chi connectivity index (χ2n) is 17.6. The molecule has 1 unspecified atom stereocenters. The van der Waals surface area contributed by atoms with Gasteiger partial charge in [0.1, 0.15) is 18.0 Å². The van der Waals surface area contributed by atoms with Crippen LogP contribution in [0.1, 0.15) is 112 Å². The monoisotopic (exact) mass is 971 g/mol. The van der Waals surface area contributed by atoms with Gasteiger partial charge in [0.15, 0.2) is 0 Å². The number of nitrogens with one attached hydrogen (secondary N) is 2. The third-order valence-electron chi connectivity index (χ3n) is 12.4. The van der Waals surface area contributed by atoms with Crippen LogP contribution < -0.4 is 10.6 Å². The van der Waals surface area contributed by atoms with Gasteiger partial charge in [0.05, 0.1) is 0 Å². The molecule has 2 fully saturated rings. The molecule has 2 N–H and O–H groups in total. The Labute approximate surface area is 433 Å². The number of piperazine rings is 1. The van der Waals surface area contributed by atoms with Crippen LogP contribution in [-0.4, -0.2) is 125 Å². The summed E-state index contributed by atoms with van der Waals surface area (Å²) in [5.74, 6) is 8.28. The van der Waals surface area contributed by atoms with Crippen molar-refractivity contribution >= 4 is 18.3 Å². The first-order valence-corrected chi connectivity index (χ1v) is 26.2. The van der Waals surface area contributed by atoms with Crippen LogP contribution in [-0.2, 0) is 13.0 Å². The van der Waals surface area contributed by atoms with Crippen LogP contribution in [0.15, 0.2) is 115 Å². The van der Waals surface area contributed by atoms with E-state index in [0.717, 1.165) is 154 Å². The number of aliphatic imine (C=N–C) groups is 2. The molecule has 8 nitrogen and oxygen atoms in total. The minimum atomic E-state index is -0.179. The fourth-order valence-corrected chi connectivity index (χ4v) is 8.54. The summed E-state index contributed by atoms with van der Waals surface area (Å²) in [4.78, 5) is 18.3. The number of nitrogens with zero attached hydrogens (tertiary/aromatic N) is 6. The van der Waals surface area contributed by atoms with E-state index >= 15 is 4.39 Å². The molecule has 2 heterocycles. The molecule has 5 rings (SSSR count). The van der Waals surface area contributed by atoms with Crippen molar-refractivity contribution in [1.29, 1.82) is 0 Å². The van der Waals surface area contributed by atoms with Crippen molar-refractivity contribution in [3.63, 3.8) is 0 Å². The molecule has 0 aliphatic carbocycles. The number of aryl methyl sites for hydroxylation is 3. The van der Waals surface area contributed by atoms with Gasteiger partial charge in [-0.05, 0) is 151 Å². The summed E-state index contributed by atoms with van der Waals surface area (Å²) in [7, 11) is 9.79. The molecular formula is C62H95FN8. The lowest BCUT2D eigenvalue weighted by molar-refractivity contribution is 0.216. The molecular weight excluding hydrogens is 876 g/mol. The van der Waals surface area contributed by atoms with E-state index in [2.05, 4.69) is 151 Å². The number of likely N-dealkylation sites (N-methyl/N-ethyl adjacent to an activating group) is 2. The van der Waals surface area contributed by atoms with Gasteiger partial charge in [0, 0.05) is 93.8 Å². The molecule has 9 heteroatoms. The van der Waals surface area contributed by atoms with E-state index in [-0.39, 0.29) is 11.9 Å². The largest absolute Gasteiger partial charge is 0.374 e. The summed E-state index contributed by atoms with van der Waals surface area (Å²) in [5, 5.41) is 6.37. The number of halogens is 1. The van der Waals surface area contributed by atoms with Gasteiger partial charge in [-0.15, -0.1) is 19.7 Å². The van der Waals surface area contributed by atoms with E-state index in [1.165, 1.54) is 5.56 Å². The maximum Gasteiger partial charge on any atom is 0.137 e. The van der Waals surface area contributed by atoms with Crippen LogP contribution >= 0.6 is 0 Å². The summed E-state index contributed by atoms with van der Waals surface area (Å²) >= 11 is 0. The number of benzene rings is 3. The van der Waals surface area contributed by atoms with Crippen LogP contribution in [0, 0.1) is 37.4 Å². The second kappa shape index (κ2) is 37.4. The molecule has 0 bridgehead atoms. The molecule has 3 aromatic rings. The topological polar surface area (TPSA) is 61.7 Å². The van der Waals surface area contributed by atoms with Gasteiger partial charge >= 0.3 is 0 Å². The van der Waals surface area contributed by atoms with Crippen molar-refractivity contribution in [2.75, 3.05) is 87.6 Å². The fourth-order valence-electron chi connectivity index (χ4n) is 8.54. The van der Waals surface area contributed by atoms with Crippen LogP contribution in [0.3, 0.4) is 0 Å². The predicted octanol–water partition coefficient (Wildman–Crippen LogP) is 12.6. The number of rotatable bonds is 19. The lowest BCUT2D eigenvalue weighted by Gasteiger charge is -2.34. The molecule has 0 aromatic heterocycles. The molecule has 0 saturated carbocycles. The molecule has 0 radical (unpaired) electrons. The van der Waals surface area contributed by atoms with Crippen molar-refractivity contribution < 1.29 is 4.39 Å². The van der Waals surface area contributed by atoms with Crippen molar-refractivity contribution in [1.82, 2.24) is 30.2 Å². The number of likely N-dealkylation sites (tertiary alicyclic amines) is 1. The third kappa shape index (κ3) is 21.5. The molecule has 2 aliphatic rings. The van der Waals surface area contributed by atoms with Gasteiger partial charge in [-0.25, -0.2) is 9.38 Å². The summed E-state index contributed by atoms with van der Waals surface area (Å²) in [6.07, 6.45) is 16.2. The van der Waals surface area contributed by atoms with Crippen molar-refractivity contribution in [2.45, 2.75) is 106 Å². The molecule has 3 aromatic carbocycles. The minimum absolute atomic E-state index is 0.179. The van der Waals surface area contributed by atoms with Gasteiger partial charge in [-0.2, -0.15) is 0 Å². The highest BCUT2D eigenvalue weighted by Crippen LogP contribution is 2.34. The molecule has 0 spiro atoms. The number of hydrogen-bond acceptors (Lipinski definition) is 6. The highest BCUT2D eigenvalue weighted by molar-refractivity contribution is 6.03. The molecule has 2 aliphatic heterocycles. The summed E-state index contributed by atoms with van der Waals surface area (Å²) in [6.45, 7) is 42.2. The number of allylic oxidation sites excluding steroid dienone is 2. The summed E-state index contributed by atoms with van der Waals surface area (Å²) in [5.41, 5.74) is 10.4. The second-order valence-corrected chi connectivity index (χ2v) is 17.6. The quantitative estimate of drug-likeness (QED) is 0.0410. The average Bonchev–Trinajstić information content (AvgIpc) is 3.38. The van der Waals surface area contributed by atoms with Crippen molar-refractivity contribution in [2.24, 2.45) is 15.9 Å². The highest BCUT2D eigenvalue weighted by atomic mass is 19.1. The van der Waals surface area contributed by atoms with Gasteiger partial charge in [0.2, 0.25) is 0 Å². The summed E-state index contributed by atoms with van der Waals surface area (Å²) < 4.78 is 15.8. The Bertz CT molecular complexity index is 2140. The van der Waals surface area contributed by atoms with Crippen LogP contribution in [0.2, 0.25) is 0 Å². The first-order chi connectivity index (χ1) is 34.4. The normalized spacial score (nSPS) is 14.2. The Morgan fingerprint density at radius 2 is 1.52 bits per heavy atom. The molecule has 1 atom stereocenters. The zero-order valence-electron chi connectivity index (χ0n) is 46.6. The van der Waals surface area contributed by atoms with Crippen molar-refractivity contribution in [3.05, 3.63) is 150 Å². The third-order valence-corrected chi connectivity index (χ3v) is 12.4. The number of piperidine rings is 1. The summed E-state index contributed by atoms with van der Waals surface area (Å²) in [6, 6.07) is 16.4. The minimum Gasteiger partial charge on any atom is -0.374 e. The standard InChI is InChI=1S/C52H68FN7.C4H8.C2H7N.2C2H6/c1-10-13-21-47(12-3)58(9)37-48-43(11-2)17-14-18-44(48)24-23-42-25-28-59(29-26-42)41(6)36-55-27-16-20-45-19-15-22-49(53)51(45)50-39(4)34-46(35-40(50)5)52(56-38-54-7)60-32-30-57(8)31-33-60;1-3-4-2;1-3-2;2*1-2/h10-12,14-15,17-19,22,34-35,38,42,47,55H,1-3,6,13,16,20-21,25-33,36-37H2,4-5,7-9H3;3H,1,4H2,2H3;3H,1-2H3;2*1-2H3. The zero-order chi connectivity index (χ0) is 53.1. The fraction of sp³-hybridized carbons (Fsp3) is 0.484. The highest BCUT2D eigenvalue weighted by Gasteiger charge is 2.23. The zero-order valence-corrected chi connectivity index (χ0v) is 46.6. The Hall–Kier alpha value is -5.37. The van der Waals surface area contributed by atoms with E-state index in [1.54, 1.807) is 19.5 Å². The molecule has 71 heavy (non-hydrogen) atoms. The maximum atomic E-state index is 15.8. The predicted molar refractivity (Wildman–Crippen MR) is 312 cm³/mol. The number of hydrogen-bond donors (Lipinski definition) is 2. The SMILES string of the molecule is C=CCC.C=CCCC(C=C)N(C)Cc1c(C#CC2CCN(C(=C)CNCCCc3cccc(F)c3-c3c(C)cc(C(=NC=NC)N4CCN(C)CC4)cc3C)CC2)cccc1C=C.CC.CC.CNC. The first kappa shape index (κ1) is 63.6. The Morgan fingerprint density at radius 1 is 0.901 bits per heavy atom. The lowest BCUT2D eigenvalue weighted by atomic mass is 9.88. The van der Waals surface area contributed by atoms with E-state index in [9.17, 15) is 0 Å². The van der Waals surface area contributed by atoms with Gasteiger partial charge in [-0.3, -0.25) is 9.89 Å². The maximum absolute atomic E-state index is 15.8. The van der Waals surface area contributed by atoms with Crippen LogP contribution in [0.25, 0.3) is 17.2 Å². The average molecular weight is 971 g/mol. The lowest BCUT2D eigenvalue weighted by Crippen LogP contribution is -2.47. The Kier molecular flexibility index (Phi) is 33.5. The van der Waals surface area contributed by atoms with Crippen molar-refractivity contribution in [3.8, 4) is 23.0 Å². The van der Waals surface area contributed by atoms with E-state index < -0.39 is 0 Å². The van der Waals surface area contributed by atoms with Gasteiger partial charge in [-0.1, -0.05) is 108 Å². The Morgan fingerprint density at radius 3 is 2.08 bits per heavy atom. The number of amidine groups is 1.